The second kappa shape index (κ2) is 8.12. The zero-order valence-electron chi connectivity index (χ0n) is 12.1. The predicted octanol–water partition coefficient (Wildman–Crippen LogP) is 1.49. The Bertz CT molecular complexity index is 478. The van der Waals surface area contributed by atoms with Gasteiger partial charge in [-0.25, -0.2) is 0 Å². The van der Waals surface area contributed by atoms with Crippen LogP contribution in [0.4, 0.5) is 5.69 Å². The smallest absolute Gasteiger partial charge is 0.251 e. The van der Waals surface area contributed by atoms with Crippen molar-refractivity contribution in [2.24, 2.45) is 0 Å². The van der Waals surface area contributed by atoms with Crippen molar-refractivity contribution in [1.82, 2.24) is 10.2 Å². The maximum absolute atomic E-state index is 11.6. The lowest BCUT2D eigenvalue weighted by atomic mass is 10.2. The summed E-state index contributed by atoms with van der Waals surface area (Å²) in [5.41, 5.74) is 1.24. The topological polar surface area (TPSA) is 61.4 Å². The van der Waals surface area contributed by atoms with Crippen LogP contribution < -0.4 is 10.6 Å². The van der Waals surface area contributed by atoms with E-state index in [1.54, 1.807) is 30.3 Å². The Balaban J connectivity index is 2.55. The monoisotopic (exact) mass is 275 g/mol. The first-order valence-electron chi connectivity index (χ1n) is 6.53. The van der Waals surface area contributed by atoms with E-state index in [-0.39, 0.29) is 11.8 Å². The number of hydrogen-bond donors (Lipinski definition) is 2. The third-order valence-electron chi connectivity index (χ3n) is 2.49. The first-order valence-corrected chi connectivity index (χ1v) is 6.53. The Morgan fingerprint density at radius 1 is 1.20 bits per heavy atom. The van der Waals surface area contributed by atoms with E-state index in [2.05, 4.69) is 10.6 Å². The molecule has 0 heterocycles. The van der Waals surface area contributed by atoms with E-state index in [9.17, 15) is 9.59 Å². The lowest BCUT2D eigenvalue weighted by Crippen LogP contribution is -2.22. The van der Waals surface area contributed by atoms with E-state index in [0.29, 0.717) is 24.3 Å². The van der Waals surface area contributed by atoms with Gasteiger partial charge in [0.05, 0.1) is 0 Å². The minimum Gasteiger partial charge on any atom is -0.352 e. The van der Waals surface area contributed by atoms with Gasteiger partial charge in [-0.2, -0.15) is 0 Å². The third-order valence-corrected chi connectivity index (χ3v) is 2.49. The number of rotatable bonds is 6. The summed E-state index contributed by atoms with van der Waals surface area (Å²) in [4.78, 5) is 25.2. The molecular weight excluding hydrogens is 254 g/mol. The summed E-state index contributed by atoms with van der Waals surface area (Å²) in [5.74, 6) is -0.297. The van der Waals surface area contributed by atoms with Crippen molar-refractivity contribution in [2.45, 2.75) is 6.92 Å². The molecule has 1 aromatic rings. The van der Waals surface area contributed by atoms with Gasteiger partial charge in [0.1, 0.15) is 0 Å². The average Bonchev–Trinajstić information content (AvgIpc) is 2.39. The number of carbonyl (C=O) groups is 2. The van der Waals surface area contributed by atoms with E-state index < -0.39 is 0 Å². The highest BCUT2D eigenvalue weighted by Gasteiger charge is 2.04. The molecule has 0 saturated carbocycles. The summed E-state index contributed by atoms with van der Waals surface area (Å²) in [6.07, 6.45) is 3.29. The number of likely N-dealkylation sites (N-methyl/N-ethyl adjacent to an activating group) is 1. The molecule has 20 heavy (non-hydrogen) atoms. The quantitative estimate of drug-likeness (QED) is 0.773. The molecule has 0 atom stereocenters. The molecule has 0 aliphatic rings. The van der Waals surface area contributed by atoms with Crippen molar-refractivity contribution in [3.8, 4) is 0 Å². The van der Waals surface area contributed by atoms with Crippen LogP contribution in [0, 0.1) is 0 Å². The summed E-state index contributed by atoms with van der Waals surface area (Å²) in [5, 5.41) is 5.46. The number of nitrogens with zero attached hydrogens (tertiary/aromatic N) is 1. The summed E-state index contributed by atoms with van der Waals surface area (Å²) >= 11 is 0. The molecule has 0 unspecified atom stereocenters. The average molecular weight is 275 g/mol. The molecule has 0 aliphatic carbocycles. The molecule has 0 fully saturated rings. The number of nitrogens with one attached hydrogen (secondary N) is 2. The number of benzene rings is 1. The molecule has 2 amide bonds. The Labute approximate surface area is 119 Å². The van der Waals surface area contributed by atoms with Crippen LogP contribution in [0.1, 0.15) is 17.3 Å². The third kappa shape index (κ3) is 5.67. The minimum atomic E-state index is -0.183. The number of carbonyl (C=O) groups excluding carboxylic acids is 2. The summed E-state index contributed by atoms with van der Waals surface area (Å²) < 4.78 is 0. The lowest BCUT2D eigenvalue weighted by molar-refractivity contribution is -0.111. The molecular formula is C15H21N3O2. The first kappa shape index (κ1) is 15.9. The molecule has 108 valence electrons. The second-order valence-electron chi connectivity index (χ2n) is 4.59. The van der Waals surface area contributed by atoms with Crippen LogP contribution in [0.5, 0.6) is 0 Å². The fourth-order valence-electron chi connectivity index (χ4n) is 1.52. The van der Waals surface area contributed by atoms with Crippen LogP contribution >= 0.6 is 0 Å². The molecule has 0 aliphatic heterocycles. The minimum absolute atomic E-state index is 0.115. The SMILES string of the molecule is CCNC(=O)c1ccc(NC(=O)C=CCN(C)C)cc1. The van der Waals surface area contributed by atoms with Crippen molar-refractivity contribution in [3.63, 3.8) is 0 Å². The highest BCUT2D eigenvalue weighted by molar-refractivity contribution is 6.00. The van der Waals surface area contributed by atoms with Crippen molar-refractivity contribution in [2.75, 3.05) is 32.5 Å². The van der Waals surface area contributed by atoms with E-state index >= 15 is 0 Å². The van der Waals surface area contributed by atoms with Gasteiger partial charge in [-0.3, -0.25) is 9.59 Å². The standard InChI is InChI=1S/C15H21N3O2/c1-4-16-15(20)12-7-9-13(10-8-12)17-14(19)6-5-11-18(2)3/h5-10H,4,11H2,1-3H3,(H,16,20)(H,17,19). The molecule has 0 radical (unpaired) electrons. The normalized spacial score (nSPS) is 10.8. The number of hydrogen-bond acceptors (Lipinski definition) is 3. The van der Waals surface area contributed by atoms with Crippen molar-refractivity contribution < 1.29 is 9.59 Å². The summed E-state index contributed by atoms with van der Waals surface area (Å²) in [6.45, 7) is 3.17. The van der Waals surface area contributed by atoms with Crippen LogP contribution in [0.25, 0.3) is 0 Å². The predicted molar refractivity (Wildman–Crippen MR) is 80.8 cm³/mol. The van der Waals surface area contributed by atoms with Gasteiger partial charge in [0.2, 0.25) is 5.91 Å². The van der Waals surface area contributed by atoms with Crippen LogP contribution in [-0.4, -0.2) is 43.9 Å². The van der Waals surface area contributed by atoms with E-state index in [1.807, 2.05) is 25.9 Å². The maximum atomic E-state index is 11.6. The van der Waals surface area contributed by atoms with Gasteiger partial charge in [-0.1, -0.05) is 6.08 Å². The first-order chi connectivity index (χ1) is 9.52. The van der Waals surface area contributed by atoms with Crippen LogP contribution in [0.2, 0.25) is 0 Å². The number of anilines is 1. The van der Waals surface area contributed by atoms with Crippen molar-refractivity contribution in [1.29, 1.82) is 0 Å². The molecule has 5 heteroatoms. The summed E-state index contributed by atoms with van der Waals surface area (Å²) in [6, 6.07) is 6.79. The van der Waals surface area contributed by atoms with Crippen LogP contribution in [0.15, 0.2) is 36.4 Å². The van der Waals surface area contributed by atoms with Crippen molar-refractivity contribution in [3.05, 3.63) is 42.0 Å². The molecule has 2 N–H and O–H groups in total. The van der Waals surface area contributed by atoms with Crippen molar-refractivity contribution >= 4 is 17.5 Å². The molecule has 0 saturated heterocycles. The van der Waals surface area contributed by atoms with E-state index in [1.165, 1.54) is 6.08 Å². The van der Waals surface area contributed by atoms with E-state index in [0.717, 1.165) is 0 Å². The second-order valence-corrected chi connectivity index (χ2v) is 4.59. The van der Waals surface area contributed by atoms with Crippen LogP contribution in [-0.2, 0) is 4.79 Å². The zero-order valence-corrected chi connectivity index (χ0v) is 12.1. The Kier molecular flexibility index (Phi) is 6.46. The fraction of sp³-hybridized carbons (Fsp3) is 0.333. The number of amides is 2. The molecule has 0 spiro atoms. The Hall–Kier alpha value is -2.14. The summed E-state index contributed by atoms with van der Waals surface area (Å²) in [7, 11) is 3.87. The zero-order chi connectivity index (χ0) is 15.0. The van der Waals surface area contributed by atoms with Gasteiger partial charge in [0.15, 0.2) is 0 Å². The maximum Gasteiger partial charge on any atom is 0.251 e. The molecule has 0 bridgehead atoms. The molecule has 1 aromatic carbocycles. The Morgan fingerprint density at radius 3 is 2.40 bits per heavy atom. The Morgan fingerprint density at radius 2 is 1.85 bits per heavy atom. The van der Waals surface area contributed by atoms with Gasteiger partial charge in [0.25, 0.3) is 5.91 Å². The lowest BCUT2D eigenvalue weighted by Gasteiger charge is -2.06. The van der Waals surface area contributed by atoms with E-state index in [4.69, 9.17) is 0 Å². The van der Waals surface area contributed by atoms with Gasteiger partial charge in [0, 0.05) is 30.4 Å². The molecule has 5 nitrogen and oxygen atoms in total. The van der Waals surface area contributed by atoms with Crippen LogP contribution in [0.3, 0.4) is 0 Å². The fourth-order valence-corrected chi connectivity index (χ4v) is 1.52. The highest BCUT2D eigenvalue weighted by Crippen LogP contribution is 2.09. The molecule has 1 rings (SSSR count). The van der Waals surface area contributed by atoms with Gasteiger partial charge < -0.3 is 15.5 Å². The van der Waals surface area contributed by atoms with Gasteiger partial charge >= 0.3 is 0 Å². The van der Waals surface area contributed by atoms with Gasteiger partial charge in [-0.15, -0.1) is 0 Å². The van der Waals surface area contributed by atoms with Gasteiger partial charge in [-0.05, 0) is 45.3 Å². The molecule has 0 aromatic heterocycles. The largest absolute Gasteiger partial charge is 0.352 e. The highest BCUT2D eigenvalue weighted by atomic mass is 16.2.